The Kier molecular flexibility index (Phi) is 9.05. The van der Waals surface area contributed by atoms with Crippen molar-refractivity contribution in [3.05, 3.63) is 0 Å². The first-order valence-electron chi connectivity index (χ1n) is 3.11. The van der Waals surface area contributed by atoms with E-state index < -0.39 is 0 Å². The topological polar surface area (TPSA) is 9.23 Å². The number of hydrogen-bond acceptors (Lipinski definition) is 1. The van der Waals surface area contributed by atoms with Gasteiger partial charge >= 0.3 is 0 Å². The summed E-state index contributed by atoms with van der Waals surface area (Å²) in [7, 11) is 0. The lowest BCUT2D eigenvalue weighted by atomic mass is 10.4. The van der Waals surface area contributed by atoms with E-state index in [1.807, 2.05) is 0 Å². The molecule has 0 unspecified atom stereocenters. The molecule has 0 rings (SSSR count). The van der Waals surface area contributed by atoms with Crippen LogP contribution >= 0.6 is 23.2 Å². The third kappa shape index (κ3) is 8.54. The normalized spacial score (nSPS) is 10.0. The van der Waals surface area contributed by atoms with E-state index in [4.69, 9.17) is 27.9 Å². The summed E-state index contributed by atoms with van der Waals surface area (Å²) in [5.74, 6) is 1.31. The van der Waals surface area contributed by atoms with Crippen molar-refractivity contribution in [2.24, 2.45) is 0 Å². The molecule has 9 heavy (non-hydrogen) atoms. The van der Waals surface area contributed by atoms with Crippen LogP contribution < -0.4 is 0 Å². The van der Waals surface area contributed by atoms with Gasteiger partial charge in [-0.2, -0.15) is 0 Å². The van der Waals surface area contributed by atoms with Crippen molar-refractivity contribution < 1.29 is 4.74 Å². The Morgan fingerprint density at radius 2 is 1.67 bits per heavy atom. The molecule has 0 aromatic carbocycles. The first-order valence-corrected chi connectivity index (χ1v) is 4.18. The Labute approximate surface area is 66.3 Å². The first kappa shape index (κ1) is 9.54. The zero-order valence-corrected chi connectivity index (χ0v) is 6.92. The smallest absolute Gasteiger partial charge is 0.0601 e. The highest BCUT2D eigenvalue weighted by Crippen LogP contribution is 1.92. The Morgan fingerprint density at radius 1 is 0.889 bits per heavy atom. The fraction of sp³-hybridized carbons (Fsp3) is 1.00. The highest BCUT2D eigenvalue weighted by molar-refractivity contribution is 6.18. The Balaban J connectivity index is 2.60. The van der Waals surface area contributed by atoms with Crippen molar-refractivity contribution in [2.45, 2.75) is 12.8 Å². The molecule has 1 nitrogen and oxygen atoms in total. The summed E-state index contributed by atoms with van der Waals surface area (Å²) in [4.78, 5) is 0. The highest BCUT2D eigenvalue weighted by atomic mass is 35.5. The third-order valence-corrected chi connectivity index (χ3v) is 1.32. The number of unbranched alkanes of at least 4 members (excludes halogenated alkanes) is 1. The molecule has 0 saturated carbocycles. The molecule has 0 aliphatic rings. The minimum atomic E-state index is 0.584. The van der Waals surface area contributed by atoms with Gasteiger partial charge in [0.15, 0.2) is 0 Å². The van der Waals surface area contributed by atoms with Gasteiger partial charge in [-0.1, -0.05) is 0 Å². The van der Waals surface area contributed by atoms with Crippen LogP contribution in [0.4, 0.5) is 0 Å². The maximum atomic E-state index is 5.43. The highest BCUT2D eigenvalue weighted by Gasteiger charge is 1.86. The van der Waals surface area contributed by atoms with Gasteiger partial charge in [-0.3, -0.25) is 0 Å². The average Bonchev–Trinajstić information content (AvgIpc) is 1.89. The fourth-order valence-corrected chi connectivity index (χ4v) is 0.753. The molecule has 0 amide bonds. The second kappa shape index (κ2) is 8.54. The van der Waals surface area contributed by atoms with Gasteiger partial charge in [0.05, 0.1) is 6.61 Å². The molecular weight excluding hydrogens is 159 g/mol. The molecular formula is C6H12Cl2O. The maximum absolute atomic E-state index is 5.43. The van der Waals surface area contributed by atoms with E-state index in [0.29, 0.717) is 12.5 Å². The minimum Gasteiger partial charge on any atom is -0.380 e. The maximum Gasteiger partial charge on any atom is 0.0601 e. The van der Waals surface area contributed by atoms with E-state index in [9.17, 15) is 0 Å². The van der Waals surface area contributed by atoms with Gasteiger partial charge in [0.2, 0.25) is 0 Å². The summed E-state index contributed by atoms with van der Waals surface area (Å²) < 4.78 is 5.09. The Morgan fingerprint density at radius 3 is 2.22 bits per heavy atom. The second-order valence-electron chi connectivity index (χ2n) is 1.70. The molecule has 0 spiro atoms. The van der Waals surface area contributed by atoms with Crippen molar-refractivity contribution in [3.8, 4) is 0 Å². The molecule has 3 heteroatoms. The van der Waals surface area contributed by atoms with E-state index in [-0.39, 0.29) is 0 Å². The van der Waals surface area contributed by atoms with Gasteiger partial charge in [-0.15, -0.1) is 23.2 Å². The van der Waals surface area contributed by atoms with Gasteiger partial charge in [0.25, 0.3) is 0 Å². The fourth-order valence-electron chi connectivity index (χ4n) is 0.455. The number of rotatable bonds is 6. The largest absolute Gasteiger partial charge is 0.380 e. The average molecular weight is 171 g/mol. The van der Waals surface area contributed by atoms with E-state index in [0.717, 1.165) is 25.3 Å². The molecule has 0 bridgehead atoms. The van der Waals surface area contributed by atoms with Gasteiger partial charge in [-0.25, -0.2) is 0 Å². The molecule has 0 fully saturated rings. The van der Waals surface area contributed by atoms with Crippen molar-refractivity contribution in [3.63, 3.8) is 0 Å². The molecule has 0 radical (unpaired) electrons. The summed E-state index contributed by atoms with van der Waals surface area (Å²) in [5, 5.41) is 0. The van der Waals surface area contributed by atoms with Crippen molar-refractivity contribution in [1.82, 2.24) is 0 Å². The van der Waals surface area contributed by atoms with Crippen molar-refractivity contribution >= 4 is 23.2 Å². The lowest BCUT2D eigenvalue weighted by molar-refractivity contribution is 0.146. The third-order valence-electron chi connectivity index (χ3n) is 0.894. The zero-order chi connectivity index (χ0) is 6.95. The molecule has 0 heterocycles. The molecule has 0 aliphatic heterocycles. The summed E-state index contributed by atoms with van der Waals surface area (Å²) in [6.45, 7) is 1.45. The number of halogens is 2. The van der Waals surface area contributed by atoms with Crippen molar-refractivity contribution in [1.29, 1.82) is 0 Å². The van der Waals surface area contributed by atoms with Crippen LogP contribution in [0.1, 0.15) is 12.8 Å². The summed E-state index contributed by atoms with van der Waals surface area (Å²) >= 11 is 10.8. The second-order valence-corrected chi connectivity index (χ2v) is 2.45. The monoisotopic (exact) mass is 170 g/mol. The van der Waals surface area contributed by atoms with Crippen LogP contribution in [0.2, 0.25) is 0 Å². The predicted molar refractivity (Wildman–Crippen MR) is 41.5 cm³/mol. The number of alkyl halides is 2. The standard InChI is InChI=1S/C6H12Cl2O/c7-3-1-2-5-9-6-4-8/h1-6H2. The van der Waals surface area contributed by atoms with Crippen LogP contribution in [0.25, 0.3) is 0 Å². The van der Waals surface area contributed by atoms with Crippen LogP contribution in [0, 0.1) is 0 Å². The van der Waals surface area contributed by atoms with Gasteiger partial charge in [-0.05, 0) is 12.8 Å². The molecule has 0 aliphatic carbocycles. The van der Waals surface area contributed by atoms with Crippen LogP contribution in [0.5, 0.6) is 0 Å². The van der Waals surface area contributed by atoms with Gasteiger partial charge < -0.3 is 4.74 Å². The number of ether oxygens (including phenoxy) is 1. The summed E-state index contributed by atoms with van der Waals surface area (Å²) in [6.07, 6.45) is 2.07. The molecule has 0 aromatic heterocycles. The Hall–Kier alpha value is 0.540. The van der Waals surface area contributed by atoms with Crippen LogP contribution in [-0.2, 0) is 4.74 Å². The molecule has 0 saturated heterocycles. The van der Waals surface area contributed by atoms with Crippen LogP contribution in [0.15, 0.2) is 0 Å². The zero-order valence-electron chi connectivity index (χ0n) is 5.41. The summed E-state index contributed by atoms with van der Waals surface area (Å²) in [6, 6.07) is 0. The van der Waals surface area contributed by atoms with E-state index in [2.05, 4.69) is 0 Å². The van der Waals surface area contributed by atoms with E-state index in [1.54, 1.807) is 0 Å². The first-order chi connectivity index (χ1) is 4.41. The lowest BCUT2D eigenvalue weighted by Gasteiger charge is -1.98. The Bertz CT molecular complexity index is 44.3. The van der Waals surface area contributed by atoms with E-state index in [1.165, 1.54) is 0 Å². The van der Waals surface area contributed by atoms with Gasteiger partial charge in [0, 0.05) is 18.4 Å². The molecule has 0 N–H and O–H groups in total. The lowest BCUT2D eigenvalue weighted by Crippen LogP contribution is -1.97. The SMILES string of the molecule is ClCCCCOCCCl. The minimum absolute atomic E-state index is 0.584. The molecule has 0 aromatic rings. The van der Waals surface area contributed by atoms with Gasteiger partial charge in [0.1, 0.15) is 0 Å². The van der Waals surface area contributed by atoms with Crippen molar-refractivity contribution in [2.75, 3.05) is 25.0 Å². The quantitative estimate of drug-likeness (QED) is 0.440. The predicted octanol–water partition coefficient (Wildman–Crippen LogP) is 2.26. The van der Waals surface area contributed by atoms with E-state index >= 15 is 0 Å². The summed E-state index contributed by atoms with van der Waals surface area (Å²) in [5.41, 5.74) is 0. The van der Waals surface area contributed by atoms with Crippen LogP contribution in [-0.4, -0.2) is 25.0 Å². The van der Waals surface area contributed by atoms with Crippen LogP contribution in [0.3, 0.4) is 0 Å². The molecule has 0 atom stereocenters. The molecule has 56 valence electrons. The number of hydrogen-bond donors (Lipinski definition) is 0.